The molecule has 3 aromatic rings. The molecule has 94 valence electrons. The van der Waals surface area contributed by atoms with Crippen LogP contribution in [0.4, 0.5) is 5.69 Å². The zero-order chi connectivity index (χ0) is 13.1. The molecule has 2 aromatic carbocycles. The van der Waals surface area contributed by atoms with Crippen LogP contribution in [-0.4, -0.2) is 17.0 Å². The predicted octanol–water partition coefficient (Wildman–Crippen LogP) is 3.79. The summed E-state index contributed by atoms with van der Waals surface area (Å²) in [6.07, 6.45) is 1.87. The summed E-state index contributed by atoms with van der Waals surface area (Å²) >= 11 is 0. The number of rotatable bonds is 3. The Morgan fingerprint density at radius 2 is 1.63 bits per heavy atom. The maximum atomic E-state index is 4.43. The molecule has 3 heteroatoms. The van der Waals surface area contributed by atoms with Crippen LogP contribution >= 0.6 is 0 Å². The highest BCUT2D eigenvalue weighted by Gasteiger charge is 2.04. The maximum Gasteiger partial charge on any atom is 0.137 e. The van der Waals surface area contributed by atoms with Crippen LogP contribution in [0.5, 0.6) is 0 Å². The molecule has 0 aliphatic carbocycles. The number of benzene rings is 2. The molecule has 2 N–H and O–H groups in total. The summed E-state index contributed by atoms with van der Waals surface area (Å²) in [7, 11) is 1.92. The van der Waals surface area contributed by atoms with E-state index >= 15 is 0 Å². The Labute approximate surface area is 112 Å². The summed E-state index contributed by atoms with van der Waals surface area (Å²) in [6.45, 7) is 0. The molecule has 3 rings (SSSR count). The van der Waals surface area contributed by atoms with Crippen LogP contribution in [-0.2, 0) is 0 Å². The molecule has 1 heterocycles. The van der Waals surface area contributed by atoms with Crippen molar-refractivity contribution in [2.24, 2.45) is 0 Å². The molecule has 1 aromatic heterocycles. The first-order chi connectivity index (χ1) is 9.36. The quantitative estimate of drug-likeness (QED) is 0.741. The number of aromatic amines is 1. The summed E-state index contributed by atoms with van der Waals surface area (Å²) in [4.78, 5) is 7.79. The second kappa shape index (κ2) is 4.98. The lowest BCUT2D eigenvalue weighted by Crippen LogP contribution is -1.87. The minimum absolute atomic E-state index is 0.897. The molecule has 19 heavy (non-hydrogen) atoms. The van der Waals surface area contributed by atoms with E-state index in [9.17, 15) is 0 Å². The Balaban J connectivity index is 1.92. The van der Waals surface area contributed by atoms with E-state index in [4.69, 9.17) is 0 Å². The lowest BCUT2D eigenvalue weighted by Gasteiger charge is -2.01. The third-order valence-corrected chi connectivity index (χ3v) is 3.11. The first kappa shape index (κ1) is 11.5. The number of H-pyrrole nitrogens is 1. The highest BCUT2D eigenvalue weighted by atomic mass is 14.9. The van der Waals surface area contributed by atoms with E-state index in [1.807, 2.05) is 43.6 Å². The summed E-state index contributed by atoms with van der Waals surface area (Å²) in [5.74, 6) is 0.897. The van der Waals surface area contributed by atoms with E-state index in [1.165, 1.54) is 0 Å². The van der Waals surface area contributed by atoms with Gasteiger partial charge in [-0.25, -0.2) is 4.98 Å². The molecule has 0 aliphatic rings. The SMILES string of the molecule is CNc1ccc(-c2cnc(-c3ccccc3)[nH]2)cc1. The Morgan fingerprint density at radius 3 is 2.32 bits per heavy atom. The first-order valence-corrected chi connectivity index (χ1v) is 6.25. The Hall–Kier alpha value is -2.55. The Kier molecular flexibility index (Phi) is 3.02. The van der Waals surface area contributed by atoms with Crippen molar-refractivity contribution in [3.05, 3.63) is 60.8 Å². The smallest absolute Gasteiger partial charge is 0.137 e. The minimum atomic E-state index is 0.897. The monoisotopic (exact) mass is 249 g/mol. The standard InChI is InChI=1S/C16H15N3/c1-17-14-9-7-12(8-10-14)15-11-18-16(19-15)13-5-3-2-4-6-13/h2-11,17H,1H3,(H,18,19). The predicted molar refractivity (Wildman–Crippen MR) is 79.0 cm³/mol. The van der Waals surface area contributed by atoms with Crippen molar-refractivity contribution in [2.45, 2.75) is 0 Å². The fraction of sp³-hybridized carbons (Fsp3) is 0.0625. The van der Waals surface area contributed by atoms with Gasteiger partial charge in [-0.1, -0.05) is 42.5 Å². The molecule has 0 atom stereocenters. The van der Waals surface area contributed by atoms with Gasteiger partial charge in [-0.15, -0.1) is 0 Å². The summed E-state index contributed by atoms with van der Waals surface area (Å²) in [5.41, 5.74) is 4.36. The molecule has 0 saturated carbocycles. The molecular formula is C16H15N3. The average Bonchev–Trinajstić information content (AvgIpc) is 2.98. The summed E-state index contributed by atoms with van der Waals surface area (Å²) in [5, 5.41) is 3.11. The molecule has 0 spiro atoms. The summed E-state index contributed by atoms with van der Waals surface area (Å²) < 4.78 is 0. The third-order valence-electron chi connectivity index (χ3n) is 3.11. The number of anilines is 1. The van der Waals surface area contributed by atoms with Crippen LogP contribution in [0.2, 0.25) is 0 Å². The molecule has 0 amide bonds. The van der Waals surface area contributed by atoms with Crippen molar-refractivity contribution in [3.63, 3.8) is 0 Å². The minimum Gasteiger partial charge on any atom is -0.388 e. The van der Waals surface area contributed by atoms with E-state index in [0.717, 1.165) is 28.3 Å². The molecule has 0 aliphatic heterocycles. The topological polar surface area (TPSA) is 40.7 Å². The van der Waals surface area contributed by atoms with Crippen LogP contribution in [0.15, 0.2) is 60.8 Å². The summed E-state index contributed by atoms with van der Waals surface area (Å²) in [6, 6.07) is 18.4. The number of hydrogen-bond acceptors (Lipinski definition) is 2. The molecule has 0 saturated heterocycles. The van der Waals surface area contributed by atoms with Gasteiger partial charge >= 0.3 is 0 Å². The third kappa shape index (κ3) is 2.36. The van der Waals surface area contributed by atoms with Crippen molar-refractivity contribution in [2.75, 3.05) is 12.4 Å². The fourth-order valence-corrected chi connectivity index (χ4v) is 2.03. The van der Waals surface area contributed by atoms with Crippen LogP contribution in [0, 0.1) is 0 Å². The highest BCUT2D eigenvalue weighted by molar-refractivity contribution is 5.66. The van der Waals surface area contributed by atoms with Gasteiger partial charge in [0.2, 0.25) is 0 Å². The largest absolute Gasteiger partial charge is 0.388 e. The van der Waals surface area contributed by atoms with Gasteiger partial charge in [-0.2, -0.15) is 0 Å². The van der Waals surface area contributed by atoms with Crippen molar-refractivity contribution in [1.82, 2.24) is 9.97 Å². The van der Waals surface area contributed by atoms with E-state index in [2.05, 4.69) is 39.6 Å². The molecular weight excluding hydrogens is 234 g/mol. The van der Waals surface area contributed by atoms with Crippen LogP contribution < -0.4 is 5.32 Å². The normalized spacial score (nSPS) is 10.4. The van der Waals surface area contributed by atoms with Crippen molar-refractivity contribution >= 4 is 5.69 Å². The second-order valence-corrected chi connectivity index (χ2v) is 4.34. The molecule has 0 fully saturated rings. The average molecular weight is 249 g/mol. The second-order valence-electron chi connectivity index (χ2n) is 4.34. The van der Waals surface area contributed by atoms with Gasteiger partial charge in [-0.3, -0.25) is 0 Å². The number of nitrogens with zero attached hydrogens (tertiary/aromatic N) is 1. The number of nitrogens with one attached hydrogen (secondary N) is 2. The van der Waals surface area contributed by atoms with Crippen LogP contribution in [0.1, 0.15) is 0 Å². The van der Waals surface area contributed by atoms with Gasteiger partial charge in [0.15, 0.2) is 0 Å². The van der Waals surface area contributed by atoms with Crippen LogP contribution in [0.25, 0.3) is 22.6 Å². The van der Waals surface area contributed by atoms with Gasteiger partial charge in [-0.05, 0) is 17.7 Å². The van der Waals surface area contributed by atoms with Crippen molar-refractivity contribution < 1.29 is 0 Å². The highest BCUT2D eigenvalue weighted by Crippen LogP contribution is 2.23. The lowest BCUT2D eigenvalue weighted by atomic mass is 10.1. The zero-order valence-corrected chi connectivity index (χ0v) is 10.7. The fourth-order valence-electron chi connectivity index (χ4n) is 2.03. The number of imidazole rings is 1. The van der Waals surface area contributed by atoms with E-state index in [1.54, 1.807) is 0 Å². The van der Waals surface area contributed by atoms with Gasteiger partial charge in [0.1, 0.15) is 5.82 Å². The zero-order valence-electron chi connectivity index (χ0n) is 10.7. The van der Waals surface area contributed by atoms with Gasteiger partial charge in [0.25, 0.3) is 0 Å². The van der Waals surface area contributed by atoms with E-state index in [-0.39, 0.29) is 0 Å². The van der Waals surface area contributed by atoms with Gasteiger partial charge in [0.05, 0.1) is 11.9 Å². The molecule has 0 bridgehead atoms. The Bertz CT molecular complexity index is 654. The molecule has 0 radical (unpaired) electrons. The number of hydrogen-bond donors (Lipinski definition) is 2. The first-order valence-electron chi connectivity index (χ1n) is 6.25. The maximum absolute atomic E-state index is 4.43. The van der Waals surface area contributed by atoms with E-state index in [0.29, 0.717) is 0 Å². The van der Waals surface area contributed by atoms with Gasteiger partial charge < -0.3 is 10.3 Å². The number of aromatic nitrogens is 2. The van der Waals surface area contributed by atoms with Gasteiger partial charge in [0, 0.05) is 18.3 Å². The molecule has 3 nitrogen and oxygen atoms in total. The lowest BCUT2D eigenvalue weighted by molar-refractivity contribution is 1.31. The Morgan fingerprint density at radius 1 is 0.895 bits per heavy atom. The van der Waals surface area contributed by atoms with E-state index < -0.39 is 0 Å². The van der Waals surface area contributed by atoms with Crippen LogP contribution in [0.3, 0.4) is 0 Å². The van der Waals surface area contributed by atoms with Crippen molar-refractivity contribution in [3.8, 4) is 22.6 Å². The van der Waals surface area contributed by atoms with Crippen molar-refractivity contribution in [1.29, 1.82) is 0 Å². The molecule has 0 unspecified atom stereocenters.